The van der Waals surface area contributed by atoms with Gasteiger partial charge < -0.3 is 10.2 Å². The van der Waals surface area contributed by atoms with Crippen LogP contribution >= 0.6 is 0 Å². The number of nitrogens with one attached hydrogen (secondary N) is 1. The van der Waals surface area contributed by atoms with Crippen LogP contribution in [0, 0.1) is 0 Å². The summed E-state index contributed by atoms with van der Waals surface area (Å²) >= 11 is 0. The summed E-state index contributed by atoms with van der Waals surface area (Å²) < 4.78 is 27.0. The molecular formula is C19H27N3O4S. The van der Waals surface area contributed by atoms with E-state index in [4.69, 9.17) is 0 Å². The van der Waals surface area contributed by atoms with E-state index in [1.54, 1.807) is 17.0 Å². The first-order chi connectivity index (χ1) is 12.9. The van der Waals surface area contributed by atoms with Gasteiger partial charge >= 0.3 is 0 Å². The van der Waals surface area contributed by atoms with Crippen molar-refractivity contribution in [2.24, 2.45) is 0 Å². The Labute approximate surface area is 160 Å². The van der Waals surface area contributed by atoms with Gasteiger partial charge in [-0.1, -0.05) is 12.8 Å². The molecule has 7 nitrogen and oxygen atoms in total. The predicted octanol–water partition coefficient (Wildman–Crippen LogP) is 1.98. The van der Waals surface area contributed by atoms with Crippen LogP contribution in [0.3, 0.4) is 0 Å². The molecule has 27 heavy (non-hydrogen) atoms. The number of fused-ring (bicyclic) bond motifs is 1. The molecule has 0 atom stereocenters. The van der Waals surface area contributed by atoms with Gasteiger partial charge in [-0.2, -0.15) is 4.31 Å². The summed E-state index contributed by atoms with van der Waals surface area (Å²) in [5.74, 6) is -0.200. The van der Waals surface area contributed by atoms with E-state index in [1.165, 1.54) is 13.1 Å². The minimum atomic E-state index is -3.77. The molecule has 2 aliphatic heterocycles. The summed E-state index contributed by atoms with van der Waals surface area (Å²) in [6.45, 7) is 1.24. The number of likely N-dealkylation sites (N-methyl/N-ethyl adjacent to an activating group) is 1. The Kier molecular flexibility index (Phi) is 6.16. The highest BCUT2D eigenvalue weighted by atomic mass is 32.2. The largest absolute Gasteiger partial charge is 0.342 e. The number of rotatable bonds is 4. The zero-order valence-corrected chi connectivity index (χ0v) is 16.6. The normalized spacial score (nSPS) is 18.4. The maximum absolute atomic E-state index is 12.9. The van der Waals surface area contributed by atoms with Gasteiger partial charge in [-0.25, -0.2) is 8.42 Å². The van der Waals surface area contributed by atoms with Crippen molar-refractivity contribution < 1.29 is 18.0 Å². The SMILES string of the molecule is CN(CC(=O)N1CCCCCC1)S(=O)(=O)c1ccc2c(c1)CCCC(=O)N2. The molecule has 0 saturated carbocycles. The van der Waals surface area contributed by atoms with E-state index in [0.717, 1.165) is 35.6 Å². The fourth-order valence-electron chi connectivity index (χ4n) is 3.59. The average Bonchev–Trinajstić information content (AvgIpc) is 3.01. The molecule has 148 valence electrons. The minimum Gasteiger partial charge on any atom is -0.342 e. The standard InChI is InChI=1S/C19H27N3O4S/c1-21(14-19(24)22-11-4-2-3-5-12-22)27(25,26)16-9-10-17-15(13-16)7-6-8-18(23)20-17/h9-10,13H,2-8,11-12,14H2,1H3,(H,20,23). The molecule has 0 aromatic heterocycles. The fourth-order valence-corrected chi connectivity index (χ4v) is 4.76. The zero-order valence-electron chi connectivity index (χ0n) is 15.7. The topological polar surface area (TPSA) is 86.8 Å². The van der Waals surface area contributed by atoms with Crippen molar-refractivity contribution in [1.82, 2.24) is 9.21 Å². The van der Waals surface area contributed by atoms with Crippen molar-refractivity contribution >= 4 is 27.5 Å². The Bertz CT molecular complexity index is 814. The molecule has 1 saturated heterocycles. The molecule has 0 unspecified atom stereocenters. The van der Waals surface area contributed by atoms with Crippen molar-refractivity contribution in [3.8, 4) is 0 Å². The minimum absolute atomic E-state index is 0.0514. The van der Waals surface area contributed by atoms with E-state index < -0.39 is 10.0 Å². The molecule has 3 rings (SSSR count). The van der Waals surface area contributed by atoms with E-state index in [-0.39, 0.29) is 23.3 Å². The van der Waals surface area contributed by atoms with Crippen LogP contribution in [0.5, 0.6) is 0 Å². The third-order valence-corrected chi connectivity index (χ3v) is 7.03. The number of amides is 2. The quantitative estimate of drug-likeness (QED) is 0.847. The third kappa shape index (κ3) is 4.68. The average molecular weight is 394 g/mol. The Morgan fingerprint density at radius 2 is 1.81 bits per heavy atom. The molecule has 1 aromatic rings. The van der Waals surface area contributed by atoms with Gasteiger partial charge in [0.25, 0.3) is 0 Å². The van der Waals surface area contributed by atoms with Crippen LogP contribution in [0.25, 0.3) is 0 Å². The molecule has 2 heterocycles. The second-order valence-electron chi connectivity index (χ2n) is 7.28. The lowest BCUT2D eigenvalue weighted by molar-refractivity contribution is -0.131. The lowest BCUT2D eigenvalue weighted by Crippen LogP contribution is -2.41. The first-order valence-corrected chi connectivity index (χ1v) is 11.0. The summed E-state index contributed by atoms with van der Waals surface area (Å²) in [4.78, 5) is 26.1. The summed E-state index contributed by atoms with van der Waals surface area (Å²) in [6.07, 6.45) is 5.94. The van der Waals surface area contributed by atoms with Crippen LogP contribution in [-0.2, 0) is 26.0 Å². The lowest BCUT2D eigenvalue weighted by Gasteiger charge is -2.24. The van der Waals surface area contributed by atoms with Crippen LogP contribution < -0.4 is 5.32 Å². The third-order valence-electron chi connectivity index (χ3n) is 5.23. The number of carbonyl (C=O) groups is 2. The molecular weight excluding hydrogens is 366 g/mol. The van der Waals surface area contributed by atoms with Crippen molar-refractivity contribution in [1.29, 1.82) is 0 Å². The summed E-state index contributed by atoms with van der Waals surface area (Å²) in [6, 6.07) is 4.74. The molecule has 2 aliphatic rings. The predicted molar refractivity (Wildman–Crippen MR) is 103 cm³/mol. The number of hydrogen-bond donors (Lipinski definition) is 1. The van der Waals surface area contributed by atoms with E-state index in [2.05, 4.69) is 5.32 Å². The number of carbonyl (C=O) groups excluding carboxylic acids is 2. The Morgan fingerprint density at radius 1 is 1.11 bits per heavy atom. The van der Waals surface area contributed by atoms with E-state index in [1.807, 2.05) is 0 Å². The molecule has 1 fully saturated rings. The number of hydrogen-bond acceptors (Lipinski definition) is 4. The van der Waals surface area contributed by atoms with Crippen molar-refractivity contribution in [2.75, 3.05) is 32.0 Å². The van der Waals surface area contributed by atoms with Gasteiger partial charge in [0.2, 0.25) is 21.8 Å². The second-order valence-corrected chi connectivity index (χ2v) is 9.32. The molecule has 8 heteroatoms. The molecule has 0 aliphatic carbocycles. The van der Waals surface area contributed by atoms with Crippen LogP contribution in [0.1, 0.15) is 44.1 Å². The Hall–Kier alpha value is -1.93. The second kappa shape index (κ2) is 8.39. The Balaban J connectivity index is 1.74. The van der Waals surface area contributed by atoms with Gasteiger partial charge in [0.1, 0.15) is 0 Å². The van der Waals surface area contributed by atoms with E-state index >= 15 is 0 Å². The number of sulfonamides is 1. The number of benzene rings is 1. The first-order valence-electron chi connectivity index (χ1n) is 9.55. The summed E-state index contributed by atoms with van der Waals surface area (Å²) in [5, 5.41) is 2.80. The maximum atomic E-state index is 12.9. The molecule has 0 spiro atoms. The monoisotopic (exact) mass is 393 g/mol. The highest BCUT2D eigenvalue weighted by molar-refractivity contribution is 7.89. The molecule has 0 bridgehead atoms. The van der Waals surface area contributed by atoms with Crippen molar-refractivity contribution in [3.63, 3.8) is 0 Å². The van der Waals surface area contributed by atoms with Crippen LogP contribution in [0.15, 0.2) is 23.1 Å². The van der Waals surface area contributed by atoms with E-state index in [0.29, 0.717) is 38.0 Å². The molecule has 1 N–H and O–H groups in total. The summed E-state index contributed by atoms with van der Waals surface area (Å²) in [5.41, 5.74) is 1.48. The molecule has 1 aromatic carbocycles. The number of aryl methyl sites for hydroxylation is 1. The van der Waals surface area contributed by atoms with Crippen LogP contribution in [0.4, 0.5) is 5.69 Å². The maximum Gasteiger partial charge on any atom is 0.243 e. The Morgan fingerprint density at radius 3 is 2.52 bits per heavy atom. The van der Waals surface area contributed by atoms with Crippen LogP contribution in [0.2, 0.25) is 0 Å². The smallest absolute Gasteiger partial charge is 0.243 e. The first kappa shape index (κ1) is 19.8. The highest BCUT2D eigenvalue weighted by Gasteiger charge is 2.26. The van der Waals surface area contributed by atoms with Crippen molar-refractivity contribution in [3.05, 3.63) is 23.8 Å². The van der Waals surface area contributed by atoms with E-state index in [9.17, 15) is 18.0 Å². The number of anilines is 1. The lowest BCUT2D eigenvalue weighted by atomic mass is 10.1. The number of likely N-dealkylation sites (tertiary alicyclic amines) is 1. The van der Waals surface area contributed by atoms with Crippen molar-refractivity contribution in [2.45, 2.75) is 49.8 Å². The molecule has 0 radical (unpaired) electrons. The fraction of sp³-hybridized carbons (Fsp3) is 0.579. The number of nitrogens with zero attached hydrogens (tertiary/aromatic N) is 2. The van der Waals surface area contributed by atoms with Crippen LogP contribution in [-0.4, -0.2) is 56.1 Å². The van der Waals surface area contributed by atoms with Gasteiger partial charge in [0, 0.05) is 32.2 Å². The van der Waals surface area contributed by atoms with Gasteiger partial charge in [-0.3, -0.25) is 9.59 Å². The van der Waals surface area contributed by atoms with Gasteiger partial charge in [-0.15, -0.1) is 0 Å². The summed E-state index contributed by atoms with van der Waals surface area (Å²) in [7, 11) is -2.32. The van der Waals surface area contributed by atoms with Gasteiger partial charge in [0.05, 0.1) is 11.4 Å². The highest BCUT2D eigenvalue weighted by Crippen LogP contribution is 2.26. The molecule has 2 amide bonds. The zero-order chi connectivity index (χ0) is 19.4. The van der Waals surface area contributed by atoms with Gasteiger partial charge in [0.15, 0.2) is 0 Å². The van der Waals surface area contributed by atoms with Gasteiger partial charge in [-0.05, 0) is 49.4 Å².